The Labute approximate surface area is 164 Å². The van der Waals surface area contributed by atoms with E-state index in [0.717, 1.165) is 37.3 Å². The van der Waals surface area contributed by atoms with Gasteiger partial charge in [-0.15, -0.1) is 0 Å². The SMILES string of the molecule is O=S(=O)(Nc1cccc(Cl)c1)c1ccc(N2CCNCC2)c2ccccc12. The lowest BCUT2D eigenvalue weighted by Crippen LogP contribution is -2.43. The number of nitrogens with zero attached hydrogens (tertiary/aromatic N) is 1. The molecule has 0 aliphatic carbocycles. The predicted molar refractivity (Wildman–Crippen MR) is 111 cm³/mol. The lowest BCUT2D eigenvalue weighted by molar-refractivity contribution is 0.590. The summed E-state index contributed by atoms with van der Waals surface area (Å²) in [6.07, 6.45) is 0. The number of hydrogen-bond acceptors (Lipinski definition) is 4. The van der Waals surface area contributed by atoms with Crippen molar-refractivity contribution in [2.75, 3.05) is 35.8 Å². The van der Waals surface area contributed by atoms with Crippen LogP contribution in [0.15, 0.2) is 65.6 Å². The first kappa shape index (κ1) is 18.1. The monoisotopic (exact) mass is 401 g/mol. The second-order valence-electron chi connectivity index (χ2n) is 6.48. The fourth-order valence-corrected chi connectivity index (χ4v) is 4.89. The van der Waals surface area contributed by atoms with Gasteiger partial charge >= 0.3 is 0 Å². The lowest BCUT2D eigenvalue weighted by atomic mass is 10.1. The van der Waals surface area contributed by atoms with Gasteiger partial charge in [-0.05, 0) is 30.3 Å². The van der Waals surface area contributed by atoms with E-state index in [1.54, 1.807) is 30.3 Å². The number of hydrogen-bond donors (Lipinski definition) is 2. The minimum absolute atomic E-state index is 0.261. The molecule has 0 unspecified atom stereocenters. The Morgan fingerprint density at radius 3 is 2.41 bits per heavy atom. The fourth-order valence-electron chi connectivity index (χ4n) is 3.43. The molecule has 1 saturated heterocycles. The van der Waals surface area contributed by atoms with Gasteiger partial charge in [0.1, 0.15) is 0 Å². The molecule has 3 aromatic rings. The maximum Gasteiger partial charge on any atom is 0.262 e. The summed E-state index contributed by atoms with van der Waals surface area (Å²) in [4.78, 5) is 2.55. The van der Waals surface area contributed by atoms with Gasteiger partial charge in [-0.1, -0.05) is 41.9 Å². The number of anilines is 2. The molecule has 3 aromatic carbocycles. The summed E-state index contributed by atoms with van der Waals surface area (Å²) in [7, 11) is -3.74. The standard InChI is InChI=1S/C20H20ClN3O2S/c21-15-4-3-5-16(14-15)23-27(25,26)20-9-8-19(24-12-10-22-11-13-24)17-6-1-2-7-18(17)20/h1-9,14,22-23H,10-13H2. The Kier molecular flexibility index (Phi) is 4.95. The first-order valence-corrected chi connectivity index (χ1v) is 10.7. The van der Waals surface area contributed by atoms with Crippen molar-refractivity contribution in [3.05, 3.63) is 65.7 Å². The highest BCUT2D eigenvalue weighted by Gasteiger charge is 2.21. The molecule has 1 heterocycles. The van der Waals surface area contributed by atoms with Gasteiger partial charge in [-0.25, -0.2) is 8.42 Å². The molecule has 140 valence electrons. The van der Waals surface area contributed by atoms with E-state index in [2.05, 4.69) is 14.9 Å². The average molecular weight is 402 g/mol. The predicted octanol–water partition coefficient (Wildman–Crippen LogP) is 3.70. The summed E-state index contributed by atoms with van der Waals surface area (Å²) in [6.45, 7) is 3.64. The molecule has 0 radical (unpaired) electrons. The Balaban J connectivity index is 1.78. The van der Waals surface area contributed by atoms with Crippen LogP contribution in [0.5, 0.6) is 0 Å². The van der Waals surface area contributed by atoms with Gasteiger partial charge in [0.15, 0.2) is 0 Å². The third-order valence-electron chi connectivity index (χ3n) is 4.69. The fraction of sp³-hybridized carbons (Fsp3) is 0.200. The number of halogens is 1. The van der Waals surface area contributed by atoms with Gasteiger partial charge < -0.3 is 10.2 Å². The molecule has 0 bridgehead atoms. The van der Waals surface area contributed by atoms with Crippen LogP contribution in [0.2, 0.25) is 5.02 Å². The summed E-state index contributed by atoms with van der Waals surface area (Å²) in [5.74, 6) is 0. The number of piperazine rings is 1. The van der Waals surface area contributed by atoms with Crippen molar-refractivity contribution < 1.29 is 8.42 Å². The first-order valence-electron chi connectivity index (χ1n) is 8.80. The van der Waals surface area contributed by atoms with Crippen molar-refractivity contribution in [1.29, 1.82) is 0 Å². The minimum Gasteiger partial charge on any atom is -0.368 e. The summed E-state index contributed by atoms with van der Waals surface area (Å²) in [5, 5.41) is 5.47. The second-order valence-corrected chi connectivity index (χ2v) is 8.57. The molecule has 4 rings (SSSR count). The number of fused-ring (bicyclic) bond motifs is 1. The smallest absolute Gasteiger partial charge is 0.262 e. The van der Waals surface area contributed by atoms with Crippen molar-refractivity contribution in [3.8, 4) is 0 Å². The lowest BCUT2D eigenvalue weighted by Gasteiger charge is -2.30. The Morgan fingerprint density at radius 2 is 1.67 bits per heavy atom. The van der Waals surface area contributed by atoms with Gasteiger partial charge in [-0.2, -0.15) is 0 Å². The summed E-state index contributed by atoms with van der Waals surface area (Å²) < 4.78 is 28.7. The number of sulfonamides is 1. The molecule has 1 fully saturated rings. The quantitative estimate of drug-likeness (QED) is 0.699. The molecule has 0 spiro atoms. The first-order chi connectivity index (χ1) is 13.0. The molecule has 0 atom stereocenters. The van der Waals surface area contributed by atoms with E-state index in [1.807, 2.05) is 30.3 Å². The molecule has 1 aliphatic heterocycles. The minimum atomic E-state index is -3.74. The van der Waals surface area contributed by atoms with Gasteiger partial charge in [-0.3, -0.25) is 4.72 Å². The molecule has 7 heteroatoms. The van der Waals surface area contributed by atoms with Gasteiger partial charge in [0.05, 0.1) is 10.6 Å². The second kappa shape index (κ2) is 7.38. The maximum atomic E-state index is 13.0. The molecular weight excluding hydrogens is 382 g/mol. The van der Waals surface area contributed by atoms with Crippen molar-refractivity contribution >= 4 is 43.8 Å². The molecular formula is C20H20ClN3O2S. The third kappa shape index (κ3) is 3.74. The zero-order valence-electron chi connectivity index (χ0n) is 14.7. The highest BCUT2D eigenvalue weighted by Crippen LogP contribution is 2.33. The zero-order valence-corrected chi connectivity index (χ0v) is 16.2. The number of rotatable bonds is 4. The molecule has 1 aliphatic rings. The van der Waals surface area contributed by atoms with E-state index < -0.39 is 10.0 Å². The van der Waals surface area contributed by atoms with E-state index in [-0.39, 0.29) is 4.90 Å². The summed E-state index contributed by atoms with van der Waals surface area (Å²) in [6, 6.07) is 17.9. The Bertz CT molecular complexity index is 1080. The highest BCUT2D eigenvalue weighted by molar-refractivity contribution is 7.93. The molecule has 0 saturated carbocycles. The highest BCUT2D eigenvalue weighted by atomic mass is 35.5. The third-order valence-corrected chi connectivity index (χ3v) is 6.36. The van der Waals surface area contributed by atoms with Crippen LogP contribution in [0.3, 0.4) is 0 Å². The molecule has 27 heavy (non-hydrogen) atoms. The van der Waals surface area contributed by atoms with Crippen molar-refractivity contribution in [2.45, 2.75) is 4.90 Å². The topological polar surface area (TPSA) is 61.4 Å². The maximum absolute atomic E-state index is 13.0. The molecule has 0 amide bonds. The van der Waals surface area contributed by atoms with Crippen LogP contribution in [-0.4, -0.2) is 34.6 Å². The summed E-state index contributed by atoms with van der Waals surface area (Å²) >= 11 is 5.98. The summed E-state index contributed by atoms with van der Waals surface area (Å²) in [5.41, 5.74) is 1.51. The molecule has 0 aromatic heterocycles. The van der Waals surface area contributed by atoms with Gasteiger partial charge in [0, 0.05) is 47.7 Å². The van der Waals surface area contributed by atoms with E-state index in [4.69, 9.17) is 11.6 Å². The van der Waals surface area contributed by atoms with Crippen LogP contribution in [0.4, 0.5) is 11.4 Å². The molecule has 2 N–H and O–H groups in total. The molecule has 5 nitrogen and oxygen atoms in total. The normalized spacial score (nSPS) is 15.1. The van der Waals surface area contributed by atoms with Crippen LogP contribution in [0.1, 0.15) is 0 Å². The zero-order chi connectivity index (χ0) is 18.9. The van der Waals surface area contributed by atoms with Crippen LogP contribution in [-0.2, 0) is 10.0 Å². The van der Waals surface area contributed by atoms with Crippen molar-refractivity contribution in [1.82, 2.24) is 5.32 Å². The van der Waals surface area contributed by atoms with Crippen molar-refractivity contribution in [3.63, 3.8) is 0 Å². The Hall–Kier alpha value is -2.28. The van der Waals surface area contributed by atoms with Crippen LogP contribution >= 0.6 is 11.6 Å². The number of nitrogens with one attached hydrogen (secondary N) is 2. The van der Waals surface area contributed by atoms with E-state index in [1.165, 1.54) is 0 Å². The van der Waals surface area contributed by atoms with E-state index in [0.29, 0.717) is 16.1 Å². The largest absolute Gasteiger partial charge is 0.368 e. The average Bonchev–Trinajstić information content (AvgIpc) is 2.67. The van der Waals surface area contributed by atoms with Crippen LogP contribution in [0.25, 0.3) is 10.8 Å². The van der Waals surface area contributed by atoms with E-state index in [9.17, 15) is 8.42 Å². The van der Waals surface area contributed by atoms with Crippen LogP contribution in [0, 0.1) is 0 Å². The van der Waals surface area contributed by atoms with Crippen molar-refractivity contribution in [2.24, 2.45) is 0 Å². The van der Waals surface area contributed by atoms with Crippen LogP contribution < -0.4 is 14.9 Å². The Morgan fingerprint density at radius 1 is 0.926 bits per heavy atom. The van der Waals surface area contributed by atoms with Gasteiger partial charge in [0.25, 0.3) is 10.0 Å². The number of benzene rings is 3. The van der Waals surface area contributed by atoms with E-state index >= 15 is 0 Å². The van der Waals surface area contributed by atoms with Gasteiger partial charge in [0.2, 0.25) is 0 Å².